The first kappa shape index (κ1) is 9.06. The lowest BCUT2D eigenvalue weighted by molar-refractivity contribution is 0.727. The van der Waals surface area contributed by atoms with Crippen LogP contribution in [0.5, 0.6) is 0 Å². The molecule has 2 atom stereocenters. The van der Waals surface area contributed by atoms with Gasteiger partial charge in [0.05, 0.1) is 6.34 Å². The highest BCUT2D eigenvalue weighted by Crippen LogP contribution is 2.26. The number of nitrogens with one attached hydrogen (secondary N) is 1. The van der Waals surface area contributed by atoms with Crippen LogP contribution in [0.25, 0.3) is 0 Å². The molecule has 0 spiro atoms. The van der Waals surface area contributed by atoms with Gasteiger partial charge in [-0.3, -0.25) is 4.99 Å². The molecule has 1 aliphatic heterocycles. The lowest BCUT2D eigenvalue weighted by Crippen LogP contribution is -2.19. The molecule has 13 heavy (non-hydrogen) atoms. The van der Waals surface area contributed by atoms with E-state index in [1.165, 1.54) is 5.56 Å². The molecule has 1 aromatic carbocycles. The van der Waals surface area contributed by atoms with Crippen molar-refractivity contribution < 1.29 is 0 Å². The molecule has 2 nitrogen and oxygen atoms in total. The Morgan fingerprint density at radius 2 is 2.00 bits per heavy atom. The third-order valence-electron chi connectivity index (χ3n) is 2.02. The van der Waals surface area contributed by atoms with E-state index < -0.39 is 0 Å². The van der Waals surface area contributed by atoms with Crippen molar-refractivity contribution in [2.45, 2.75) is 10.1 Å². The van der Waals surface area contributed by atoms with Crippen LogP contribution < -0.4 is 10.8 Å². The number of alkyl halides is 1. The predicted molar refractivity (Wildman–Crippen MR) is 64.0 cm³/mol. The molecule has 64 valence electrons. The fourth-order valence-electron chi connectivity index (χ4n) is 1.31. The van der Waals surface area contributed by atoms with E-state index in [1.807, 2.05) is 24.3 Å². The average molecular weight is 282 g/mol. The first-order valence-electron chi connectivity index (χ1n) is 4.04. The van der Waals surface area contributed by atoms with E-state index in [2.05, 4.69) is 32.9 Å². The number of halogens is 1. The Labute approximate surface area is 92.4 Å². The minimum absolute atomic E-state index is 0.223. The fourth-order valence-corrected chi connectivity index (χ4v) is 2.07. The summed E-state index contributed by atoms with van der Waals surface area (Å²) < 4.78 is 0.348. The summed E-state index contributed by atoms with van der Waals surface area (Å²) in [5.41, 5.74) is 2.00. The lowest BCUT2D eigenvalue weighted by atomic mass is 9.94. The van der Waals surface area contributed by atoms with Crippen molar-refractivity contribution in [3.05, 3.63) is 29.8 Å². The van der Waals surface area contributed by atoms with E-state index in [-0.39, 0.29) is 6.04 Å². The second kappa shape index (κ2) is 3.70. The summed E-state index contributed by atoms with van der Waals surface area (Å²) in [5.74, 6) is 0. The van der Waals surface area contributed by atoms with Gasteiger partial charge in [0, 0.05) is 0 Å². The summed E-state index contributed by atoms with van der Waals surface area (Å²) in [6.45, 7) is 0. The Balaban J connectivity index is 2.25. The van der Waals surface area contributed by atoms with Gasteiger partial charge in [0.15, 0.2) is 0 Å². The molecule has 0 amide bonds. The maximum Gasteiger partial charge on any atom is 0.113 e. The van der Waals surface area contributed by atoms with Crippen LogP contribution in [0.2, 0.25) is 0 Å². The van der Waals surface area contributed by atoms with Crippen molar-refractivity contribution in [3.63, 3.8) is 0 Å². The summed E-state index contributed by atoms with van der Waals surface area (Å²) in [6.07, 6.45) is 1.76. The number of hydrogen-bond acceptors (Lipinski definition) is 2. The molecular weight excluding hydrogens is 274 g/mol. The van der Waals surface area contributed by atoms with Crippen LogP contribution in [0.4, 0.5) is 0 Å². The van der Waals surface area contributed by atoms with Gasteiger partial charge in [-0.05, 0) is 5.56 Å². The lowest BCUT2D eigenvalue weighted by Gasteiger charge is -2.12. The summed E-state index contributed by atoms with van der Waals surface area (Å²) in [7, 11) is 5.60. The molecule has 0 saturated carbocycles. The van der Waals surface area contributed by atoms with Gasteiger partial charge in [0.2, 0.25) is 0 Å². The molecular formula is C9H8BIN2. The minimum Gasteiger partial charge on any atom is -0.362 e. The van der Waals surface area contributed by atoms with E-state index >= 15 is 0 Å². The predicted octanol–water partition coefficient (Wildman–Crippen LogP) is 0.914. The third kappa shape index (κ3) is 1.87. The second-order valence-corrected chi connectivity index (χ2v) is 4.30. The largest absolute Gasteiger partial charge is 0.362 e. The summed E-state index contributed by atoms with van der Waals surface area (Å²) in [4.78, 5) is 4.33. The Morgan fingerprint density at radius 3 is 2.54 bits per heavy atom. The van der Waals surface area contributed by atoms with Gasteiger partial charge in [-0.15, -0.1) is 0 Å². The van der Waals surface area contributed by atoms with Gasteiger partial charge in [0.25, 0.3) is 0 Å². The zero-order valence-electron chi connectivity index (χ0n) is 6.94. The quantitative estimate of drug-likeness (QED) is 0.352. The van der Waals surface area contributed by atoms with E-state index in [0.29, 0.717) is 4.05 Å². The maximum atomic E-state index is 5.60. The van der Waals surface area contributed by atoms with Crippen LogP contribution in [0.3, 0.4) is 0 Å². The van der Waals surface area contributed by atoms with E-state index in [9.17, 15) is 0 Å². The molecule has 1 heterocycles. The number of aliphatic imine (C=N–C) groups is 1. The Kier molecular flexibility index (Phi) is 2.57. The zero-order chi connectivity index (χ0) is 9.26. The van der Waals surface area contributed by atoms with Crippen molar-refractivity contribution in [2.24, 2.45) is 4.99 Å². The van der Waals surface area contributed by atoms with Crippen LogP contribution in [0.15, 0.2) is 29.3 Å². The molecule has 1 unspecified atom stereocenters. The molecule has 1 N–H and O–H groups in total. The monoisotopic (exact) mass is 282 g/mol. The topological polar surface area (TPSA) is 24.4 Å². The number of hydrogen-bond donors (Lipinski definition) is 1. The standard InChI is InChI=1S/C9H8BIN2/c10-7-3-1-6(2-4-7)8-9(11)13-5-12-8/h1-5,8-9H,(H,12,13)/t8?,9-/m0/s1. The highest BCUT2D eigenvalue weighted by Gasteiger charge is 2.21. The van der Waals surface area contributed by atoms with E-state index in [1.54, 1.807) is 6.34 Å². The van der Waals surface area contributed by atoms with Crippen LogP contribution in [-0.2, 0) is 0 Å². The van der Waals surface area contributed by atoms with Crippen LogP contribution in [0.1, 0.15) is 11.6 Å². The minimum atomic E-state index is 0.223. The van der Waals surface area contributed by atoms with E-state index in [0.717, 1.165) is 5.46 Å². The molecule has 0 aromatic heterocycles. The smallest absolute Gasteiger partial charge is 0.113 e. The molecule has 2 radical (unpaired) electrons. The van der Waals surface area contributed by atoms with Crippen LogP contribution >= 0.6 is 22.6 Å². The summed E-state index contributed by atoms with van der Waals surface area (Å²) >= 11 is 2.34. The molecule has 0 fully saturated rings. The second-order valence-electron chi connectivity index (χ2n) is 2.96. The highest BCUT2D eigenvalue weighted by atomic mass is 127. The Hall–Kier alpha value is -0.515. The van der Waals surface area contributed by atoms with Crippen LogP contribution in [-0.4, -0.2) is 18.2 Å². The molecule has 1 aromatic rings. The van der Waals surface area contributed by atoms with E-state index in [4.69, 9.17) is 7.85 Å². The van der Waals surface area contributed by atoms with Gasteiger partial charge in [-0.2, -0.15) is 0 Å². The van der Waals surface area contributed by atoms with Gasteiger partial charge in [-0.25, -0.2) is 0 Å². The third-order valence-corrected chi connectivity index (χ3v) is 3.06. The van der Waals surface area contributed by atoms with Gasteiger partial charge in [0.1, 0.15) is 17.9 Å². The number of rotatable bonds is 1. The number of nitrogens with zero attached hydrogens (tertiary/aromatic N) is 1. The van der Waals surface area contributed by atoms with Crippen LogP contribution in [0, 0.1) is 0 Å². The van der Waals surface area contributed by atoms with Crippen molar-refractivity contribution in [1.29, 1.82) is 0 Å². The van der Waals surface area contributed by atoms with Crippen molar-refractivity contribution >= 4 is 42.2 Å². The highest BCUT2D eigenvalue weighted by molar-refractivity contribution is 14.1. The Morgan fingerprint density at radius 1 is 1.31 bits per heavy atom. The molecule has 2 rings (SSSR count). The fraction of sp³-hybridized carbons (Fsp3) is 0.222. The molecule has 0 aliphatic carbocycles. The SMILES string of the molecule is [B]c1ccc(C2N=CN[C@@H]2I)cc1. The van der Waals surface area contributed by atoms with Gasteiger partial charge >= 0.3 is 0 Å². The zero-order valence-corrected chi connectivity index (χ0v) is 9.10. The first-order chi connectivity index (χ1) is 6.27. The maximum absolute atomic E-state index is 5.60. The molecule has 0 saturated heterocycles. The molecule has 4 heteroatoms. The van der Waals surface area contributed by atoms with Crippen molar-refractivity contribution in [2.75, 3.05) is 0 Å². The molecule has 1 aliphatic rings. The van der Waals surface area contributed by atoms with Crippen molar-refractivity contribution in [3.8, 4) is 0 Å². The van der Waals surface area contributed by atoms with Crippen molar-refractivity contribution in [1.82, 2.24) is 5.32 Å². The molecule has 0 bridgehead atoms. The summed E-state index contributed by atoms with van der Waals surface area (Å²) in [6, 6.07) is 8.09. The normalized spacial score (nSPS) is 25.9. The summed E-state index contributed by atoms with van der Waals surface area (Å²) in [5, 5.41) is 3.15. The first-order valence-corrected chi connectivity index (χ1v) is 5.29. The van der Waals surface area contributed by atoms with Gasteiger partial charge in [-0.1, -0.05) is 52.3 Å². The average Bonchev–Trinajstić information content (AvgIpc) is 2.53. The Bertz CT molecular complexity index is 323. The van der Waals surface area contributed by atoms with Gasteiger partial charge < -0.3 is 5.32 Å². The number of benzene rings is 1.